The molecule has 1 aliphatic heterocycles. The van der Waals surface area contributed by atoms with Gasteiger partial charge in [0.05, 0.1) is 6.54 Å². The van der Waals surface area contributed by atoms with Crippen LogP contribution in [0, 0.1) is 5.92 Å². The summed E-state index contributed by atoms with van der Waals surface area (Å²) in [5.74, 6) is 0.912. The van der Waals surface area contributed by atoms with E-state index in [1.54, 1.807) is 0 Å². The fraction of sp³-hybridized carbons (Fsp3) is 0.833. The van der Waals surface area contributed by atoms with Crippen LogP contribution >= 0.6 is 0 Å². The van der Waals surface area contributed by atoms with Gasteiger partial charge in [-0.1, -0.05) is 25.4 Å². The van der Waals surface area contributed by atoms with Gasteiger partial charge >= 0.3 is 0 Å². The minimum atomic E-state index is 0.217. The molecule has 0 aromatic carbocycles. The summed E-state index contributed by atoms with van der Waals surface area (Å²) in [6.07, 6.45) is 1.67. The summed E-state index contributed by atoms with van der Waals surface area (Å²) in [6, 6.07) is 0. The molecule has 0 saturated carbocycles. The second-order valence-electron chi connectivity index (χ2n) is 4.97. The fourth-order valence-electron chi connectivity index (χ4n) is 1.99. The monoisotopic (exact) mass is 256 g/mol. The molecule has 1 atom stereocenters. The van der Waals surface area contributed by atoms with Gasteiger partial charge < -0.3 is 15.8 Å². The van der Waals surface area contributed by atoms with Crippen LogP contribution in [-0.2, 0) is 4.79 Å². The number of amidine groups is 1. The van der Waals surface area contributed by atoms with Gasteiger partial charge in [0, 0.05) is 32.6 Å². The molecule has 1 heterocycles. The van der Waals surface area contributed by atoms with Crippen LogP contribution in [0.4, 0.5) is 0 Å². The van der Waals surface area contributed by atoms with Gasteiger partial charge in [0.25, 0.3) is 0 Å². The second kappa shape index (κ2) is 7.20. The highest BCUT2D eigenvalue weighted by atomic mass is 16.4. The Morgan fingerprint density at radius 3 is 2.50 bits per heavy atom. The largest absolute Gasteiger partial charge is 0.409 e. The summed E-state index contributed by atoms with van der Waals surface area (Å²) < 4.78 is 0. The van der Waals surface area contributed by atoms with Crippen LogP contribution < -0.4 is 5.73 Å². The second-order valence-corrected chi connectivity index (χ2v) is 4.97. The molecular formula is C12H24N4O2. The van der Waals surface area contributed by atoms with Gasteiger partial charge in [-0.15, -0.1) is 0 Å². The lowest BCUT2D eigenvalue weighted by molar-refractivity contribution is -0.133. The minimum absolute atomic E-state index is 0.217. The Labute approximate surface area is 108 Å². The highest BCUT2D eigenvalue weighted by Gasteiger charge is 2.22. The average molecular weight is 256 g/mol. The molecule has 1 aliphatic rings. The predicted octanol–water partition coefficient (Wildman–Crippen LogP) is 0.313. The number of rotatable bonds is 5. The zero-order valence-corrected chi connectivity index (χ0v) is 11.3. The maximum absolute atomic E-state index is 12.0. The molecule has 104 valence electrons. The summed E-state index contributed by atoms with van der Waals surface area (Å²) in [5, 5.41) is 11.5. The van der Waals surface area contributed by atoms with Gasteiger partial charge in [-0.05, 0) is 5.92 Å². The van der Waals surface area contributed by atoms with Crippen molar-refractivity contribution in [2.24, 2.45) is 16.8 Å². The summed E-state index contributed by atoms with van der Waals surface area (Å²) in [4.78, 5) is 16.0. The third-order valence-electron chi connectivity index (χ3n) is 3.46. The molecule has 1 unspecified atom stereocenters. The lowest BCUT2D eigenvalue weighted by Gasteiger charge is -2.34. The third-order valence-corrected chi connectivity index (χ3v) is 3.46. The zero-order chi connectivity index (χ0) is 13.5. The number of carbonyl (C=O) groups is 1. The molecule has 6 nitrogen and oxygen atoms in total. The molecule has 0 spiro atoms. The zero-order valence-electron chi connectivity index (χ0n) is 11.3. The number of piperazine rings is 1. The quantitative estimate of drug-likeness (QED) is 0.321. The molecule has 6 heteroatoms. The van der Waals surface area contributed by atoms with E-state index >= 15 is 0 Å². The van der Waals surface area contributed by atoms with Crippen molar-refractivity contribution in [3.05, 3.63) is 0 Å². The molecule has 1 rings (SSSR count). The van der Waals surface area contributed by atoms with Crippen LogP contribution in [0.3, 0.4) is 0 Å². The Morgan fingerprint density at radius 2 is 2.00 bits per heavy atom. The van der Waals surface area contributed by atoms with E-state index in [4.69, 9.17) is 10.9 Å². The van der Waals surface area contributed by atoms with E-state index in [1.165, 1.54) is 0 Å². The number of nitrogens with zero attached hydrogens (tertiary/aromatic N) is 3. The molecule has 1 amide bonds. The van der Waals surface area contributed by atoms with Crippen molar-refractivity contribution < 1.29 is 10.0 Å². The number of amides is 1. The van der Waals surface area contributed by atoms with Crippen LogP contribution in [0.5, 0.6) is 0 Å². The molecule has 0 radical (unpaired) electrons. The van der Waals surface area contributed by atoms with Gasteiger partial charge in [0.1, 0.15) is 0 Å². The third kappa shape index (κ3) is 4.52. The van der Waals surface area contributed by atoms with Gasteiger partial charge in [-0.3, -0.25) is 9.69 Å². The van der Waals surface area contributed by atoms with Crippen LogP contribution in [0.15, 0.2) is 5.16 Å². The van der Waals surface area contributed by atoms with Gasteiger partial charge in [-0.25, -0.2) is 0 Å². The number of carbonyl (C=O) groups excluding carboxylic acids is 1. The number of nitrogens with two attached hydrogens (primary N) is 1. The maximum Gasteiger partial charge on any atom is 0.222 e. The summed E-state index contributed by atoms with van der Waals surface area (Å²) in [6.45, 7) is 7.69. The molecule has 1 fully saturated rings. The van der Waals surface area contributed by atoms with Crippen molar-refractivity contribution in [1.82, 2.24) is 9.80 Å². The van der Waals surface area contributed by atoms with E-state index in [2.05, 4.69) is 23.9 Å². The van der Waals surface area contributed by atoms with Crippen molar-refractivity contribution in [3.8, 4) is 0 Å². The fourth-order valence-corrected chi connectivity index (χ4v) is 1.99. The lowest BCUT2D eigenvalue weighted by atomic mass is 10.0. The maximum atomic E-state index is 12.0. The van der Waals surface area contributed by atoms with Crippen molar-refractivity contribution in [3.63, 3.8) is 0 Å². The topological polar surface area (TPSA) is 82.2 Å². The first-order valence-electron chi connectivity index (χ1n) is 6.53. The van der Waals surface area contributed by atoms with Gasteiger partial charge in [0.15, 0.2) is 5.84 Å². The lowest BCUT2D eigenvalue weighted by Crippen LogP contribution is -2.50. The van der Waals surface area contributed by atoms with Crippen molar-refractivity contribution in [2.45, 2.75) is 26.7 Å². The Morgan fingerprint density at radius 1 is 1.39 bits per heavy atom. The van der Waals surface area contributed by atoms with Crippen LogP contribution in [0.2, 0.25) is 0 Å². The van der Waals surface area contributed by atoms with Crippen LogP contribution in [-0.4, -0.2) is 59.5 Å². The Balaban J connectivity index is 2.32. The normalized spacial score (nSPS) is 19.9. The Bertz CT molecular complexity index is 298. The minimum Gasteiger partial charge on any atom is -0.409 e. The molecule has 3 N–H and O–H groups in total. The number of oxime groups is 1. The highest BCUT2D eigenvalue weighted by molar-refractivity contribution is 5.81. The highest BCUT2D eigenvalue weighted by Crippen LogP contribution is 2.11. The Hall–Kier alpha value is -1.30. The Kier molecular flexibility index (Phi) is 5.91. The van der Waals surface area contributed by atoms with Crippen LogP contribution in [0.1, 0.15) is 26.7 Å². The van der Waals surface area contributed by atoms with Crippen molar-refractivity contribution in [1.29, 1.82) is 0 Å². The predicted molar refractivity (Wildman–Crippen MR) is 70.5 cm³/mol. The van der Waals surface area contributed by atoms with E-state index in [9.17, 15) is 4.79 Å². The molecule has 18 heavy (non-hydrogen) atoms. The summed E-state index contributed by atoms with van der Waals surface area (Å²) in [5.41, 5.74) is 5.46. The van der Waals surface area contributed by atoms with Crippen molar-refractivity contribution in [2.75, 3.05) is 32.7 Å². The number of hydrogen-bond acceptors (Lipinski definition) is 4. The first-order valence-corrected chi connectivity index (χ1v) is 6.53. The standard InChI is InChI=1S/C12H24N4O2/c1-3-10(2)8-12(17)16-6-4-15(5-7-16)9-11(13)14-18/h10,18H,3-9H2,1-2H3,(H2,13,14). The summed E-state index contributed by atoms with van der Waals surface area (Å²) in [7, 11) is 0. The van der Waals surface area contributed by atoms with E-state index in [0.29, 0.717) is 18.9 Å². The molecule has 0 bridgehead atoms. The average Bonchev–Trinajstić information content (AvgIpc) is 2.39. The van der Waals surface area contributed by atoms with E-state index in [0.717, 1.165) is 32.6 Å². The molecule has 0 aromatic heterocycles. The number of hydrogen-bond donors (Lipinski definition) is 2. The van der Waals surface area contributed by atoms with E-state index in [1.807, 2.05) is 4.90 Å². The summed E-state index contributed by atoms with van der Waals surface area (Å²) >= 11 is 0. The SMILES string of the molecule is CCC(C)CC(=O)N1CCN(CC(N)=NO)CC1. The first-order chi connectivity index (χ1) is 8.56. The first kappa shape index (κ1) is 14.8. The van der Waals surface area contributed by atoms with Gasteiger partial charge in [0.2, 0.25) is 5.91 Å². The smallest absolute Gasteiger partial charge is 0.222 e. The van der Waals surface area contributed by atoms with Crippen LogP contribution in [0.25, 0.3) is 0 Å². The molecule has 1 saturated heterocycles. The van der Waals surface area contributed by atoms with Gasteiger partial charge in [-0.2, -0.15) is 0 Å². The van der Waals surface area contributed by atoms with Crippen molar-refractivity contribution >= 4 is 11.7 Å². The molecular weight excluding hydrogens is 232 g/mol. The molecule has 0 aromatic rings. The van der Waals surface area contributed by atoms with E-state index in [-0.39, 0.29) is 11.7 Å². The molecule has 0 aliphatic carbocycles. The van der Waals surface area contributed by atoms with E-state index < -0.39 is 0 Å².